The highest BCUT2D eigenvalue weighted by Crippen LogP contribution is 2.30. The minimum Gasteiger partial charge on any atom is -0.354 e. The Hall–Kier alpha value is -3.10. The molecule has 0 aliphatic carbocycles. The Bertz CT molecular complexity index is 835. The topological polar surface area (TPSA) is 79.5 Å². The third-order valence-corrected chi connectivity index (χ3v) is 3.47. The van der Waals surface area contributed by atoms with Crippen molar-refractivity contribution in [2.24, 2.45) is 0 Å². The highest BCUT2D eigenvalue weighted by Gasteiger charge is 2.40. The Labute approximate surface area is 132 Å². The zero-order chi connectivity index (χ0) is 17.6. The smallest absolute Gasteiger partial charge is 0.354 e. The van der Waals surface area contributed by atoms with E-state index < -0.39 is 35.2 Å². The maximum atomic E-state index is 12.7. The number of hydroxylamine groups is 2. The van der Waals surface area contributed by atoms with Gasteiger partial charge in [0, 0.05) is 5.69 Å². The Kier molecular flexibility index (Phi) is 3.43. The first-order valence-corrected chi connectivity index (χ1v) is 6.67. The molecular weight excluding hydrogens is 329 g/mol. The molecule has 1 N–H and O–H groups in total. The van der Waals surface area contributed by atoms with Crippen LogP contribution in [0.5, 0.6) is 0 Å². The van der Waals surface area contributed by atoms with E-state index in [1.54, 1.807) is 0 Å². The summed E-state index contributed by atoms with van der Waals surface area (Å²) in [6.45, 7) is 1.24. The summed E-state index contributed by atoms with van der Waals surface area (Å²) in [5, 5.41) is 0.243. The Balaban J connectivity index is 1.86. The van der Waals surface area contributed by atoms with Crippen LogP contribution in [-0.4, -0.2) is 27.8 Å². The van der Waals surface area contributed by atoms with E-state index in [2.05, 4.69) is 0 Å². The first-order valence-electron chi connectivity index (χ1n) is 6.67. The fraction of sp³-hybridized carbons (Fsp3) is 0.133. The molecule has 1 aromatic heterocycles. The highest BCUT2D eigenvalue weighted by atomic mass is 19.4. The molecule has 1 aliphatic rings. The van der Waals surface area contributed by atoms with Crippen LogP contribution in [-0.2, 0) is 11.0 Å². The van der Waals surface area contributed by atoms with Crippen molar-refractivity contribution in [3.63, 3.8) is 0 Å². The molecule has 0 spiro atoms. The number of hydrogen-bond acceptors (Lipinski definition) is 4. The standard InChI is InChI=1S/C15H9F3N2O4/c1-7-10(6-11(19-7)15(16,17)18)14(23)24-20-12(21)8-4-2-3-5-9(8)13(20)22/h2-6,19H,1H3. The third kappa shape index (κ3) is 2.43. The van der Waals surface area contributed by atoms with E-state index in [9.17, 15) is 27.6 Å². The van der Waals surface area contributed by atoms with E-state index >= 15 is 0 Å². The highest BCUT2D eigenvalue weighted by molar-refractivity contribution is 6.21. The summed E-state index contributed by atoms with van der Waals surface area (Å²) in [6.07, 6.45) is -4.67. The maximum Gasteiger partial charge on any atom is 0.431 e. The van der Waals surface area contributed by atoms with Crippen molar-refractivity contribution in [1.29, 1.82) is 0 Å². The van der Waals surface area contributed by atoms with Gasteiger partial charge in [-0.15, -0.1) is 0 Å². The average molecular weight is 338 g/mol. The number of aromatic amines is 1. The van der Waals surface area contributed by atoms with Gasteiger partial charge in [-0.3, -0.25) is 9.59 Å². The van der Waals surface area contributed by atoms with Crippen LogP contribution >= 0.6 is 0 Å². The summed E-state index contributed by atoms with van der Waals surface area (Å²) >= 11 is 0. The molecule has 6 nitrogen and oxygen atoms in total. The number of rotatable bonds is 2. The van der Waals surface area contributed by atoms with Gasteiger partial charge in [0.1, 0.15) is 5.69 Å². The third-order valence-electron chi connectivity index (χ3n) is 3.47. The number of H-pyrrole nitrogens is 1. The fourth-order valence-electron chi connectivity index (χ4n) is 2.30. The summed E-state index contributed by atoms with van der Waals surface area (Å²) in [7, 11) is 0. The number of aryl methyl sites for hydroxylation is 1. The first-order chi connectivity index (χ1) is 11.2. The Morgan fingerprint density at radius 3 is 2.12 bits per heavy atom. The summed E-state index contributed by atoms with van der Waals surface area (Å²) in [4.78, 5) is 42.9. The minimum atomic E-state index is -4.67. The molecular formula is C15H9F3N2O4. The van der Waals surface area contributed by atoms with E-state index in [0.29, 0.717) is 6.07 Å². The normalized spacial score (nSPS) is 14.1. The summed E-state index contributed by atoms with van der Waals surface area (Å²) in [5.74, 6) is -2.95. The predicted molar refractivity (Wildman–Crippen MR) is 72.9 cm³/mol. The lowest BCUT2D eigenvalue weighted by Crippen LogP contribution is -2.32. The SMILES string of the molecule is Cc1[nH]c(C(F)(F)F)cc1C(=O)ON1C(=O)c2ccccc2C1=O. The van der Waals surface area contributed by atoms with Gasteiger partial charge in [0.25, 0.3) is 11.8 Å². The predicted octanol–water partition coefficient (Wildman–Crippen LogP) is 2.71. The number of benzene rings is 1. The number of alkyl halides is 3. The molecule has 1 aliphatic heterocycles. The molecule has 1 aromatic carbocycles. The largest absolute Gasteiger partial charge is 0.431 e. The van der Waals surface area contributed by atoms with Crippen molar-refractivity contribution in [2.75, 3.05) is 0 Å². The Morgan fingerprint density at radius 1 is 1.12 bits per heavy atom. The molecule has 24 heavy (non-hydrogen) atoms. The molecule has 9 heteroatoms. The van der Waals surface area contributed by atoms with Gasteiger partial charge in [-0.25, -0.2) is 4.79 Å². The number of nitrogens with zero attached hydrogens (tertiary/aromatic N) is 1. The van der Waals surface area contributed by atoms with Crippen LogP contribution in [0.3, 0.4) is 0 Å². The van der Waals surface area contributed by atoms with Crippen LogP contribution in [0, 0.1) is 6.92 Å². The monoisotopic (exact) mass is 338 g/mol. The van der Waals surface area contributed by atoms with Gasteiger partial charge in [0.15, 0.2) is 0 Å². The number of aromatic nitrogens is 1. The zero-order valence-electron chi connectivity index (χ0n) is 12.1. The van der Waals surface area contributed by atoms with Gasteiger partial charge in [-0.05, 0) is 25.1 Å². The quantitative estimate of drug-likeness (QED) is 0.854. The average Bonchev–Trinajstić information content (AvgIpc) is 3.02. The number of carbonyl (C=O) groups is 3. The zero-order valence-corrected chi connectivity index (χ0v) is 12.1. The fourth-order valence-corrected chi connectivity index (χ4v) is 2.30. The lowest BCUT2D eigenvalue weighted by Gasteiger charge is -2.12. The summed E-state index contributed by atoms with van der Waals surface area (Å²) in [6, 6.07) is 6.39. The first kappa shape index (κ1) is 15.8. The molecule has 0 atom stereocenters. The molecule has 2 amide bonds. The van der Waals surface area contributed by atoms with Gasteiger partial charge in [0.05, 0.1) is 16.7 Å². The van der Waals surface area contributed by atoms with Gasteiger partial charge >= 0.3 is 12.1 Å². The van der Waals surface area contributed by atoms with Crippen LogP contribution in [0.4, 0.5) is 13.2 Å². The van der Waals surface area contributed by atoms with Crippen molar-refractivity contribution >= 4 is 17.8 Å². The Morgan fingerprint density at radius 2 is 1.67 bits per heavy atom. The molecule has 0 radical (unpaired) electrons. The molecule has 2 aromatic rings. The summed E-state index contributed by atoms with van der Waals surface area (Å²) in [5.41, 5.74) is -1.54. The van der Waals surface area contributed by atoms with Crippen LogP contribution < -0.4 is 0 Å². The number of nitrogens with one attached hydrogen (secondary N) is 1. The van der Waals surface area contributed by atoms with Crippen molar-refractivity contribution in [3.8, 4) is 0 Å². The molecule has 3 rings (SSSR count). The van der Waals surface area contributed by atoms with Crippen molar-refractivity contribution in [3.05, 3.63) is 58.4 Å². The molecule has 0 saturated heterocycles. The van der Waals surface area contributed by atoms with E-state index in [4.69, 9.17) is 4.84 Å². The number of imide groups is 1. The van der Waals surface area contributed by atoms with Crippen LogP contribution in [0.15, 0.2) is 30.3 Å². The number of amides is 2. The second-order valence-corrected chi connectivity index (χ2v) is 5.05. The lowest BCUT2D eigenvalue weighted by molar-refractivity contribution is -0.140. The molecule has 0 bridgehead atoms. The van der Waals surface area contributed by atoms with Gasteiger partial charge in [0.2, 0.25) is 0 Å². The van der Waals surface area contributed by atoms with Gasteiger partial charge in [-0.1, -0.05) is 17.2 Å². The van der Waals surface area contributed by atoms with Crippen molar-refractivity contribution < 1.29 is 32.4 Å². The molecule has 0 saturated carbocycles. The van der Waals surface area contributed by atoms with E-state index in [1.807, 2.05) is 4.98 Å². The number of hydrogen-bond donors (Lipinski definition) is 1. The number of fused-ring (bicyclic) bond motifs is 1. The molecule has 124 valence electrons. The van der Waals surface area contributed by atoms with Crippen molar-refractivity contribution in [1.82, 2.24) is 10.0 Å². The second-order valence-electron chi connectivity index (χ2n) is 5.05. The second kappa shape index (κ2) is 5.22. The number of carbonyl (C=O) groups excluding carboxylic acids is 3. The van der Waals surface area contributed by atoms with Crippen LogP contribution in [0.2, 0.25) is 0 Å². The van der Waals surface area contributed by atoms with E-state index in [0.717, 1.165) is 0 Å². The van der Waals surface area contributed by atoms with Crippen LogP contribution in [0.25, 0.3) is 0 Å². The molecule has 0 unspecified atom stereocenters. The van der Waals surface area contributed by atoms with Crippen LogP contribution in [0.1, 0.15) is 42.5 Å². The lowest BCUT2D eigenvalue weighted by atomic mass is 10.1. The van der Waals surface area contributed by atoms with E-state index in [-0.39, 0.29) is 21.9 Å². The van der Waals surface area contributed by atoms with Gasteiger partial charge < -0.3 is 9.82 Å². The molecule has 2 heterocycles. The maximum absolute atomic E-state index is 12.7. The van der Waals surface area contributed by atoms with Crippen molar-refractivity contribution in [2.45, 2.75) is 13.1 Å². The minimum absolute atomic E-state index is 0.0528. The number of halogens is 3. The van der Waals surface area contributed by atoms with Gasteiger partial charge in [-0.2, -0.15) is 13.2 Å². The summed E-state index contributed by atoms with van der Waals surface area (Å²) < 4.78 is 38.0. The van der Waals surface area contributed by atoms with E-state index in [1.165, 1.54) is 31.2 Å². The molecule has 0 fully saturated rings.